The van der Waals surface area contributed by atoms with Crippen LogP contribution < -0.4 is 10.1 Å². The van der Waals surface area contributed by atoms with E-state index < -0.39 is 6.04 Å². The maximum atomic E-state index is 12.9. The number of nitrogens with zero attached hydrogens (tertiary/aromatic N) is 1. The predicted molar refractivity (Wildman–Crippen MR) is 77.4 cm³/mol. The van der Waals surface area contributed by atoms with E-state index in [1.807, 2.05) is 0 Å². The zero-order chi connectivity index (χ0) is 15.8. The van der Waals surface area contributed by atoms with Crippen LogP contribution in [0, 0.1) is 5.82 Å². The Kier molecular flexibility index (Phi) is 6.65. The molecular weight excluding hydrogens is 275 g/mol. The second kappa shape index (κ2) is 8.24. The average Bonchev–Trinajstić information content (AvgIpc) is 2.42. The number of amides is 2. The molecule has 0 heterocycles. The highest BCUT2D eigenvalue weighted by atomic mass is 19.1. The summed E-state index contributed by atoms with van der Waals surface area (Å²) in [6, 6.07) is 5.30. The van der Waals surface area contributed by atoms with E-state index in [2.05, 4.69) is 5.32 Å². The van der Waals surface area contributed by atoms with Crippen molar-refractivity contribution in [2.45, 2.75) is 25.8 Å². The molecule has 0 aromatic heterocycles. The van der Waals surface area contributed by atoms with Gasteiger partial charge in [-0.3, -0.25) is 9.59 Å². The number of benzene rings is 1. The van der Waals surface area contributed by atoms with E-state index in [1.165, 1.54) is 17.0 Å². The molecule has 1 aromatic rings. The quantitative estimate of drug-likeness (QED) is 0.777. The molecule has 0 aliphatic carbocycles. The molecule has 0 unspecified atom stereocenters. The van der Waals surface area contributed by atoms with Gasteiger partial charge < -0.3 is 15.0 Å². The van der Waals surface area contributed by atoms with Crippen LogP contribution in [0.4, 0.5) is 4.39 Å². The number of halogens is 1. The van der Waals surface area contributed by atoms with Crippen LogP contribution in [-0.4, -0.2) is 43.5 Å². The third-order valence-corrected chi connectivity index (χ3v) is 2.80. The number of carbonyl (C=O) groups is 2. The Balaban J connectivity index is 2.23. The number of carbonyl (C=O) groups excluding carboxylic acids is 2. The molecule has 0 saturated carbocycles. The molecule has 0 aliphatic heterocycles. The van der Waals surface area contributed by atoms with Crippen LogP contribution in [0.15, 0.2) is 24.3 Å². The summed E-state index contributed by atoms with van der Waals surface area (Å²) in [4.78, 5) is 24.7. The number of ether oxygens (including phenoxy) is 1. The van der Waals surface area contributed by atoms with Crippen LogP contribution in [0.1, 0.15) is 19.8 Å². The van der Waals surface area contributed by atoms with Crippen molar-refractivity contribution >= 4 is 11.8 Å². The Morgan fingerprint density at radius 3 is 2.71 bits per heavy atom. The highest BCUT2D eigenvalue weighted by Crippen LogP contribution is 2.12. The molecule has 0 saturated heterocycles. The van der Waals surface area contributed by atoms with Crippen molar-refractivity contribution in [3.8, 4) is 5.75 Å². The molecule has 21 heavy (non-hydrogen) atoms. The van der Waals surface area contributed by atoms with Gasteiger partial charge in [0.15, 0.2) is 0 Å². The molecule has 5 nitrogen and oxygen atoms in total. The Morgan fingerprint density at radius 1 is 1.38 bits per heavy atom. The van der Waals surface area contributed by atoms with Crippen LogP contribution in [0.5, 0.6) is 5.75 Å². The minimum Gasteiger partial charge on any atom is -0.493 e. The number of rotatable bonds is 7. The lowest BCUT2D eigenvalue weighted by atomic mass is 10.2. The minimum absolute atomic E-state index is 0.153. The zero-order valence-corrected chi connectivity index (χ0v) is 12.6. The van der Waals surface area contributed by atoms with Crippen molar-refractivity contribution in [1.29, 1.82) is 0 Å². The molecule has 0 aliphatic rings. The summed E-state index contributed by atoms with van der Waals surface area (Å²) < 4.78 is 18.2. The van der Waals surface area contributed by atoms with Crippen LogP contribution in [0.2, 0.25) is 0 Å². The third-order valence-electron chi connectivity index (χ3n) is 2.80. The maximum Gasteiger partial charge on any atom is 0.244 e. The first-order valence-corrected chi connectivity index (χ1v) is 6.79. The molecule has 0 bridgehead atoms. The van der Waals surface area contributed by atoms with E-state index in [0.29, 0.717) is 18.8 Å². The fourth-order valence-corrected chi connectivity index (χ4v) is 1.74. The first-order valence-electron chi connectivity index (χ1n) is 6.79. The summed E-state index contributed by atoms with van der Waals surface area (Å²) in [5.74, 6) is -0.285. The van der Waals surface area contributed by atoms with Crippen molar-refractivity contribution in [1.82, 2.24) is 10.2 Å². The summed E-state index contributed by atoms with van der Waals surface area (Å²) in [5, 5.41) is 2.62. The third kappa shape index (κ3) is 6.25. The average molecular weight is 296 g/mol. The lowest BCUT2D eigenvalue weighted by Gasteiger charge is -2.17. The summed E-state index contributed by atoms with van der Waals surface area (Å²) in [5.41, 5.74) is 0. The van der Waals surface area contributed by atoms with Gasteiger partial charge in [0.2, 0.25) is 11.8 Å². The van der Waals surface area contributed by atoms with E-state index in [0.717, 1.165) is 0 Å². The van der Waals surface area contributed by atoms with Crippen LogP contribution >= 0.6 is 0 Å². The van der Waals surface area contributed by atoms with Gasteiger partial charge in [-0.05, 0) is 25.5 Å². The Morgan fingerprint density at radius 2 is 2.10 bits per heavy atom. The van der Waals surface area contributed by atoms with E-state index >= 15 is 0 Å². The minimum atomic E-state index is -0.545. The van der Waals surface area contributed by atoms with Crippen molar-refractivity contribution < 1.29 is 18.7 Å². The largest absolute Gasteiger partial charge is 0.493 e. The highest BCUT2D eigenvalue weighted by molar-refractivity contribution is 5.86. The second-order valence-electron chi connectivity index (χ2n) is 4.93. The molecule has 1 aromatic carbocycles. The summed E-state index contributed by atoms with van der Waals surface area (Å²) in [6.07, 6.45) is 0.742. The van der Waals surface area contributed by atoms with Gasteiger partial charge in [-0.2, -0.15) is 0 Å². The van der Waals surface area contributed by atoms with Crippen LogP contribution in [-0.2, 0) is 9.59 Å². The fourth-order valence-electron chi connectivity index (χ4n) is 1.74. The Labute approximate surface area is 124 Å². The first kappa shape index (κ1) is 16.9. The number of likely N-dealkylation sites (N-methyl/N-ethyl adjacent to an activating group) is 1. The monoisotopic (exact) mass is 296 g/mol. The molecule has 116 valence electrons. The summed E-state index contributed by atoms with van der Waals surface area (Å²) >= 11 is 0. The lowest BCUT2D eigenvalue weighted by Crippen LogP contribution is -2.44. The molecule has 0 radical (unpaired) electrons. The first-order chi connectivity index (χ1) is 9.90. The van der Waals surface area contributed by atoms with E-state index in [4.69, 9.17) is 4.74 Å². The molecule has 1 atom stereocenters. The number of nitrogens with one attached hydrogen (secondary N) is 1. The molecule has 6 heteroatoms. The summed E-state index contributed by atoms with van der Waals surface area (Å²) in [7, 11) is 3.27. The van der Waals surface area contributed by atoms with Crippen molar-refractivity contribution in [3.05, 3.63) is 30.1 Å². The Hall–Kier alpha value is -2.11. The predicted octanol–water partition coefficient (Wildman–Crippen LogP) is 1.58. The SMILES string of the molecule is C[C@H](NC(=O)CCCOc1cccc(F)c1)C(=O)N(C)C. The zero-order valence-electron chi connectivity index (χ0n) is 12.6. The van der Waals surface area contributed by atoms with Gasteiger partial charge in [0, 0.05) is 26.6 Å². The topological polar surface area (TPSA) is 58.6 Å². The van der Waals surface area contributed by atoms with Gasteiger partial charge in [0.25, 0.3) is 0 Å². The standard InChI is InChI=1S/C15H21FN2O3/c1-11(15(20)18(2)3)17-14(19)8-5-9-21-13-7-4-6-12(16)10-13/h4,6-7,10-11H,5,8-9H2,1-3H3,(H,17,19)/t11-/m0/s1. The van der Waals surface area contributed by atoms with Gasteiger partial charge in [-0.15, -0.1) is 0 Å². The van der Waals surface area contributed by atoms with E-state index in [-0.39, 0.29) is 24.1 Å². The molecule has 0 fully saturated rings. The van der Waals surface area contributed by atoms with Crippen molar-refractivity contribution in [3.63, 3.8) is 0 Å². The Bertz CT molecular complexity index is 492. The second-order valence-corrected chi connectivity index (χ2v) is 4.93. The maximum absolute atomic E-state index is 12.9. The van der Waals surface area contributed by atoms with Gasteiger partial charge in [0.1, 0.15) is 17.6 Å². The normalized spacial score (nSPS) is 11.6. The number of hydrogen-bond donors (Lipinski definition) is 1. The van der Waals surface area contributed by atoms with Gasteiger partial charge in [0.05, 0.1) is 6.61 Å². The lowest BCUT2D eigenvalue weighted by molar-refractivity contribution is -0.133. The molecule has 0 spiro atoms. The van der Waals surface area contributed by atoms with Gasteiger partial charge in [-0.1, -0.05) is 6.07 Å². The number of hydrogen-bond acceptors (Lipinski definition) is 3. The highest BCUT2D eigenvalue weighted by Gasteiger charge is 2.16. The van der Waals surface area contributed by atoms with E-state index in [1.54, 1.807) is 33.2 Å². The molecular formula is C15H21FN2O3. The fraction of sp³-hybridized carbons (Fsp3) is 0.467. The van der Waals surface area contributed by atoms with Gasteiger partial charge >= 0.3 is 0 Å². The van der Waals surface area contributed by atoms with Crippen molar-refractivity contribution in [2.24, 2.45) is 0 Å². The molecule has 1 rings (SSSR count). The molecule has 2 amide bonds. The summed E-state index contributed by atoms with van der Waals surface area (Å²) in [6.45, 7) is 1.95. The van der Waals surface area contributed by atoms with Crippen molar-refractivity contribution in [2.75, 3.05) is 20.7 Å². The molecule has 1 N–H and O–H groups in total. The van der Waals surface area contributed by atoms with Crippen LogP contribution in [0.3, 0.4) is 0 Å². The smallest absolute Gasteiger partial charge is 0.244 e. The van der Waals surface area contributed by atoms with E-state index in [9.17, 15) is 14.0 Å². The van der Waals surface area contributed by atoms with Crippen LogP contribution in [0.25, 0.3) is 0 Å². The van der Waals surface area contributed by atoms with Gasteiger partial charge in [-0.25, -0.2) is 4.39 Å².